The van der Waals surface area contributed by atoms with Crippen molar-refractivity contribution in [1.29, 1.82) is 0 Å². The van der Waals surface area contributed by atoms with Crippen molar-refractivity contribution in [1.82, 2.24) is 5.32 Å². The highest BCUT2D eigenvalue weighted by Gasteiger charge is 2.53. The van der Waals surface area contributed by atoms with Gasteiger partial charge in [-0.2, -0.15) is 0 Å². The Morgan fingerprint density at radius 1 is 0.375 bits per heavy atom. The first-order valence-corrected chi connectivity index (χ1v) is 35.4. The lowest BCUT2D eigenvalue weighted by Gasteiger charge is -2.48. The number of carbonyl (C=O) groups excluding carboxylic acids is 1. The second-order valence-corrected chi connectivity index (χ2v) is 24.2. The molecule has 96 heavy (non-hydrogen) atoms. The molecule has 0 saturated carbocycles. The minimum Gasteiger partial charge on any atom is -0.394 e. The van der Waals surface area contributed by atoms with E-state index in [1.807, 2.05) is 0 Å². The Morgan fingerprint density at radius 2 is 0.698 bits per heavy atom. The van der Waals surface area contributed by atoms with Gasteiger partial charge in [0, 0.05) is 6.42 Å². The Balaban J connectivity index is 1.32. The topological polar surface area (TPSA) is 307 Å². The van der Waals surface area contributed by atoms with Crippen LogP contribution in [0.15, 0.2) is 170 Å². The van der Waals surface area contributed by atoms with E-state index in [-0.39, 0.29) is 18.9 Å². The first kappa shape index (κ1) is 85.4. The minimum atomic E-state index is -1.99. The van der Waals surface area contributed by atoms with Gasteiger partial charge in [0.25, 0.3) is 0 Å². The molecule has 1 amide bonds. The maximum absolute atomic E-state index is 13.3. The van der Waals surface area contributed by atoms with Gasteiger partial charge < -0.3 is 89.9 Å². The van der Waals surface area contributed by atoms with Crippen LogP contribution in [0, 0.1) is 0 Å². The van der Waals surface area contributed by atoms with Gasteiger partial charge in [-0.25, -0.2) is 0 Å². The highest BCUT2D eigenvalue weighted by atomic mass is 16.8. The Hall–Kier alpha value is -4.85. The summed E-state index contributed by atoms with van der Waals surface area (Å²) in [5.41, 5.74) is 0. The third kappa shape index (κ3) is 36.8. The molecule has 542 valence electrons. The van der Waals surface area contributed by atoms with Crippen LogP contribution < -0.4 is 5.32 Å². The number of aliphatic hydroxyl groups excluding tert-OH is 11. The summed E-state index contributed by atoms with van der Waals surface area (Å²) in [5.74, 6) is -0.313. The summed E-state index contributed by atoms with van der Waals surface area (Å²) in [5, 5.41) is 120. The number of carbonyl (C=O) groups is 1. The molecule has 0 aromatic rings. The average molecular weight is 1350 g/mol. The van der Waals surface area contributed by atoms with E-state index < -0.39 is 124 Å². The van der Waals surface area contributed by atoms with Crippen molar-refractivity contribution < 1.29 is 89.4 Å². The van der Waals surface area contributed by atoms with Crippen LogP contribution in [0.1, 0.15) is 174 Å². The van der Waals surface area contributed by atoms with E-state index in [0.717, 1.165) is 141 Å². The molecular weight excluding hydrogens is 1230 g/mol. The van der Waals surface area contributed by atoms with E-state index in [9.17, 15) is 61.0 Å². The number of hydrogen-bond acceptors (Lipinski definition) is 18. The Morgan fingerprint density at radius 3 is 1.12 bits per heavy atom. The van der Waals surface area contributed by atoms with Crippen molar-refractivity contribution >= 4 is 5.91 Å². The number of hydrogen-bond donors (Lipinski definition) is 12. The summed E-state index contributed by atoms with van der Waals surface area (Å²) in [7, 11) is 0. The fourth-order valence-electron chi connectivity index (χ4n) is 10.6. The van der Waals surface area contributed by atoms with Crippen molar-refractivity contribution in [3.63, 3.8) is 0 Å². The molecule has 0 spiro atoms. The Labute approximate surface area is 573 Å². The lowest BCUT2D eigenvalue weighted by Crippen LogP contribution is -2.66. The summed E-state index contributed by atoms with van der Waals surface area (Å²) in [6.07, 6.45) is 56.6. The number of aliphatic hydroxyl groups is 11. The SMILES string of the molecule is CC/C=C\C/C=C\C/C=C\C/C=C\C/C=C\C/C=C\C/C=C\C/C=C\C/C=C\C/C=C\C/C=C\CCCCCCCCCC(=O)NC(COC1OC(CO)C(OC2OC(CO)C(OC3OC(CO)C(O)C(O)C3O)C(O)C2O)C(O)C1O)C(O)/C=C/CC/C=C/CC/C=C/CC. The molecule has 19 nitrogen and oxygen atoms in total. The van der Waals surface area contributed by atoms with Gasteiger partial charge in [-0.15, -0.1) is 0 Å². The molecule has 19 heteroatoms. The zero-order chi connectivity index (χ0) is 69.6. The van der Waals surface area contributed by atoms with Crippen molar-refractivity contribution in [2.45, 2.75) is 279 Å². The minimum absolute atomic E-state index is 0.207. The Kier molecular flexibility index (Phi) is 49.8. The number of rotatable bonds is 51. The number of ether oxygens (including phenoxy) is 6. The fourth-order valence-corrected chi connectivity index (χ4v) is 10.6. The van der Waals surface area contributed by atoms with Crippen LogP contribution in [0.25, 0.3) is 0 Å². The van der Waals surface area contributed by atoms with Crippen LogP contribution in [0.3, 0.4) is 0 Å². The second kappa shape index (κ2) is 56.0. The number of allylic oxidation sites excluding steroid dienone is 27. The summed E-state index contributed by atoms with van der Waals surface area (Å²) < 4.78 is 34.2. The molecule has 3 aliphatic heterocycles. The zero-order valence-electron chi connectivity index (χ0n) is 57.3. The van der Waals surface area contributed by atoms with Gasteiger partial charge >= 0.3 is 0 Å². The van der Waals surface area contributed by atoms with Crippen molar-refractivity contribution in [3.8, 4) is 0 Å². The van der Waals surface area contributed by atoms with Gasteiger partial charge in [-0.05, 0) is 122 Å². The van der Waals surface area contributed by atoms with E-state index in [0.29, 0.717) is 12.8 Å². The van der Waals surface area contributed by atoms with E-state index in [1.54, 1.807) is 12.2 Å². The molecule has 0 radical (unpaired) electrons. The quantitative estimate of drug-likeness (QED) is 0.0199. The third-order valence-electron chi connectivity index (χ3n) is 16.2. The fraction of sp³-hybridized carbons (Fsp3) is 0.623. The first-order chi connectivity index (χ1) is 46.8. The molecule has 3 aliphatic rings. The van der Waals surface area contributed by atoms with Gasteiger partial charge in [0.2, 0.25) is 5.91 Å². The molecule has 0 aromatic heterocycles. The molecular formula is C77H121NO18. The van der Waals surface area contributed by atoms with Crippen LogP contribution >= 0.6 is 0 Å². The van der Waals surface area contributed by atoms with Gasteiger partial charge in [-0.3, -0.25) is 4.79 Å². The van der Waals surface area contributed by atoms with Gasteiger partial charge in [0.15, 0.2) is 18.9 Å². The predicted octanol–water partition coefficient (Wildman–Crippen LogP) is 9.88. The zero-order valence-corrected chi connectivity index (χ0v) is 57.3. The van der Waals surface area contributed by atoms with E-state index in [4.69, 9.17) is 28.4 Å². The van der Waals surface area contributed by atoms with Crippen molar-refractivity contribution in [2.75, 3.05) is 26.4 Å². The van der Waals surface area contributed by atoms with Crippen LogP contribution in [0.4, 0.5) is 0 Å². The normalized spacial score (nSPS) is 28.1. The predicted molar refractivity (Wildman–Crippen MR) is 378 cm³/mol. The second-order valence-electron chi connectivity index (χ2n) is 24.2. The molecule has 17 atom stereocenters. The summed E-state index contributed by atoms with van der Waals surface area (Å²) >= 11 is 0. The van der Waals surface area contributed by atoms with Gasteiger partial charge in [0.05, 0.1) is 38.6 Å². The molecule has 0 aromatic carbocycles. The van der Waals surface area contributed by atoms with E-state index in [2.05, 4.69) is 177 Å². The Bertz CT molecular complexity index is 2400. The molecule has 17 unspecified atom stereocenters. The third-order valence-corrected chi connectivity index (χ3v) is 16.2. The largest absolute Gasteiger partial charge is 0.394 e. The number of amides is 1. The summed E-state index contributed by atoms with van der Waals surface area (Å²) in [6, 6.07) is -1.01. The standard InChI is InChI=1S/C77H121NO18/c1-3-5-7-9-11-13-15-16-17-18-19-20-21-22-23-24-25-26-27-28-29-30-31-32-33-34-35-36-37-38-39-40-41-42-43-44-45-47-49-51-53-55-65(83)78-60(61(82)54-52-50-48-46-14-12-10-8-6-4-2)59-91-75-71(89)68(86)73(63(57-80)93-75)96-77-72(90)69(87)74(64(58-81)94-77)95-76-70(88)67(85)66(84)62(56-79)92-76/h5-8,11,13-14,16-17,19-20,22-23,25-26,28-29,31-32,34-35,37-38,40-41,46,52,54,60-64,66-77,79-82,84-90H,3-4,9-10,12,15,18,21,24,27,30,33,36,39,42-45,47-51,53,55-59H2,1-2H3,(H,78,83)/b7-5-,8-6+,13-11-,17-16-,20-19-,23-22-,26-25-,29-28-,32-31-,35-34-,38-37-,41-40-,46-14+,54-52+. The highest BCUT2D eigenvalue weighted by molar-refractivity contribution is 5.76. The molecule has 0 aliphatic carbocycles. The van der Waals surface area contributed by atoms with E-state index >= 15 is 0 Å². The molecule has 0 bridgehead atoms. The van der Waals surface area contributed by atoms with Crippen LogP contribution in [0.2, 0.25) is 0 Å². The smallest absolute Gasteiger partial charge is 0.220 e. The molecule has 12 N–H and O–H groups in total. The highest BCUT2D eigenvalue weighted by Crippen LogP contribution is 2.33. The lowest BCUT2D eigenvalue weighted by molar-refractivity contribution is -0.379. The first-order valence-electron chi connectivity index (χ1n) is 35.4. The van der Waals surface area contributed by atoms with Crippen LogP contribution in [0.5, 0.6) is 0 Å². The number of nitrogens with one attached hydrogen (secondary N) is 1. The molecule has 3 saturated heterocycles. The lowest BCUT2D eigenvalue weighted by atomic mass is 9.96. The summed E-state index contributed by atoms with van der Waals surface area (Å²) in [4.78, 5) is 13.3. The van der Waals surface area contributed by atoms with Gasteiger partial charge in [-0.1, -0.05) is 216 Å². The average Bonchev–Trinajstić information content (AvgIpc) is 0.849. The summed E-state index contributed by atoms with van der Waals surface area (Å²) in [6.45, 7) is 1.40. The maximum Gasteiger partial charge on any atom is 0.220 e. The molecule has 3 heterocycles. The van der Waals surface area contributed by atoms with Crippen molar-refractivity contribution in [3.05, 3.63) is 170 Å². The molecule has 3 rings (SSSR count). The van der Waals surface area contributed by atoms with Gasteiger partial charge in [0.1, 0.15) is 73.2 Å². The monoisotopic (exact) mass is 1350 g/mol. The number of unbranched alkanes of at least 4 members (excludes halogenated alkanes) is 9. The maximum atomic E-state index is 13.3. The van der Waals surface area contributed by atoms with Crippen LogP contribution in [-0.4, -0.2) is 193 Å². The molecule has 3 fully saturated rings. The van der Waals surface area contributed by atoms with E-state index in [1.165, 1.54) is 0 Å². The van der Waals surface area contributed by atoms with Crippen molar-refractivity contribution in [2.24, 2.45) is 0 Å². The van der Waals surface area contributed by atoms with Crippen LogP contribution in [-0.2, 0) is 33.2 Å².